The van der Waals surface area contributed by atoms with Crippen LogP contribution in [-0.2, 0) is 14.4 Å². The maximum atomic E-state index is 13.6. The number of carbonyl (C=O) groups excluding carboxylic acids is 4. The van der Waals surface area contributed by atoms with Crippen LogP contribution in [0.25, 0.3) is 0 Å². The topological polar surface area (TPSA) is 132 Å². The summed E-state index contributed by atoms with van der Waals surface area (Å²) in [6.07, 6.45) is 5.92. The summed E-state index contributed by atoms with van der Waals surface area (Å²) in [5.41, 5.74) is 5.28. The highest BCUT2D eigenvalue weighted by molar-refractivity contribution is 6.32. The van der Waals surface area contributed by atoms with Gasteiger partial charge in [-0.15, -0.1) is 0 Å². The molecule has 13 heteroatoms. The van der Waals surface area contributed by atoms with Crippen LogP contribution in [0.3, 0.4) is 0 Å². The highest BCUT2D eigenvalue weighted by Gasteiger charge is 2.44. The lowest BCUT2D eigenvalue weighted by Gasteiger charge is -2.40. The van der Waals surface area contributed by atoms with Gasteiger partial charge < -0.3 is 24.9 Å². The summed E-state index contributed by atoms with van der Waals surface area (Å²) < 4.78 is 0. The summed E-state index contributed by atoms with van der Waals surface area (Å²) in [5.74, 6) is -0.0199. The molecular formula is C44H51ClN8O4. The van der Waals surface area contributed by atoms with Gasteiger partial charge >= 0.3 is 0 Å². The Balaban J connectivity index is 0.775. The van der Waals surface area contributed by atoms with Crippen molar-refractivity contribution < 1.29 is 19.2 Å². The van der Waals surface area contributed by atoms with Crippen LogP contribution in [0.2, 0.25) is 5.02 Å². The number of nitrogens with one attached hydrogen (secondary N) is 2. The molecule has 0 bridgehead atoms. The summed E-state index contributed by atoms with van der Waals surface area (Å²) in [4.78, 5) is 61.5. The molecule has 5 aliphatic heterocycles. The molecule has 5 aliphatic rings. The second kappa shape index (κ2) is 16.4. The molecule has 8 rings (SSSR count). The Bertz CT molecular complexity index is 2050. The number of piperazine rings is 1. The lowest BCUT2D eigenvalue weighted by molar-refractivity contribution is -0.133. The Morgan fingerprint density at radius 3 is 2.37 bits per heavy atom. The number of likely N-dealkylation sites (tertiary alicyclic amines) is 1. The number of piperidine rings is 3. The number of rotatable bonds is 8. The van der Waals surface area contributed by atoms with Crippen LogP contribution in [0.4, 0.5) is 22.7 Å². The minimum absolute atomic E-state index is 0.0461. The molecule has 0 aliphatic carbocycles. The van der Waals surface area contributed by atoms with Crippen molar-refractivity contribution >= 4 is 58.0 Å². The number of nitriles is 1. The van der Waals surface area contributed by atoms with Gasteiger partial charge in [0.15, 0.2) is 0 Å². The number of halogens is 1. The zero-order valence-electron chi connectivity index (χ0n) is 32.6. The molecule has 0 saturated carbocycles. The van der Waals surface area contributed by atoms with E-state index in [4.69, 9.17) is 11.6 Å². The van der Waals surface area contributed by atoms with Crippen molar-refractivity contribution in [1.82, 2.24) is 15.1 Å². The van der Waals surface area contributed by atoms with Crippen molar-refractivity contribution in [3.05, 3.63) is 82.9 Å². The summed E-state index contributed by atoms with van der Waals surface area (Å²) in [6.45, 7) is 9.20. The van der Waals surface area contributed by atoms with Crippen molar-refractivity contribution in [1.29, 1.82) is 5.26 Å². The van der Waals surface area contributed by atoms with Crippen molar-refractivity contribution in [3.63, 3.8) is 0 Å². The number of carbonyl (C=O) groups is 4. The van der Waals surface area contributed by atoms with Crippen LogP contribution in [0.15, 0.2) is 66.7 Å². The number of hydrogen-bond acceptors (Lipinski definition) is 9. The summed E-state index contributed by atoms with van der Waals surface area (Å²) in [6, 6.07) is 23.6. The molecule has 12 nitrogen and oxygen atoms in total. The summed E-state index contributed by atoms with van der Waals surface area (Å²) >= 11 is 6.38. The fourth-order valence-corrected chi connectivity index (χ4v) is 9.88. The number of imide groups is 1. The van der Waals surface area contributed by atoms with Crippen molar-refractivity contribution in [3.8, 4) is 6.07 Å². The molecular weight excluding hydrogens is 740 g/mol. The third-order valence-corrected chi connectivity index (χ3v) is 13.2. The molecule has 4 amide bonds. The average Bonchev–Trinajstić information content (AvgIpc) is 3.54. The van der Waals surface area contributed by atoms with E-state index in [1.165, 1.54) is 0 Å². The van der Waals surface area contributed by atoms with Gasteiger partial charge in [0, 0.05) is 93.1 Å². The molecule has 1 spiro atoms. The predicted octanol–water partition coefficient (Wildman–Crippen LogP) is 5.52. The van der Waals surface area contributed by atoms with E-state index in [2.05, 4.69) is 50.5 Å². The molecule has 5 saturated heterocycles. The van der Waals surface area contributed by atoms with Crippen LogP contribution < -0.4 is 25.3 Å². The van der Waals surface area contributed by atoms with E-state index < -0.39 is 6.04 Å². The molecule has 5 fully saturated rings. The number of anilines is 4. The fourth-order valence-electron chi connectivity index (χ4n) is 9.67. The Kier molecular flexibility index (Phi) is 11.1. The van der Waals surface area contributed by atoms with Gasteiger partial charge in [0.05, 0.1) is 17.1 Å². The first-order valence-electron chi connectivity index (χ1n) is 20.4. The Hall–Kier alpha value is -5.12. The van der Waals surface area contributed by atoms with E-state index in [1.54, 1.807) is 4.90 Å². The molecule has 1 unspecified atom stereocenters. The average molecular weight is 791 g/mol. The molecule has 3 aromatic carbocycles. The first-order valence-corrected chi connectivity index (χ1v) is 20.8. The normalized spacial score (nSPS) is 23.1. The number of amides is 4. The zero-order chi connectivity index (χ0) is 39.7. The zero-order valence-corrected chi connectivity index (χ0v) is 33.3. The minimum Gasteiger partial charge on any atom is -0.374 e. The van der Waals surface area contributed by atoms with Gasteiger partial charge in [-0.3, -0.25) is 29.4 Å². The standard InChI is InChI=1S/C44H51ClN8O4/c1-30-25-44(29-53(30)37-10-7-33(26-46)38(45)24-37)15-19-50(20-16-44)35-8-5-32(6-9-35)43(57)51-17-13-31(14-18-51)27-49-21-22-52(41(55)28-49)36-4-2-3-34(23-36)47-39-11-12-40(54)48-42(39)56/h2-10,23-24,30-31,39,47H,11-22,25,27-29H2,1H3,(H,48,54,56)/t30-,39?/m1/s1. The van der Waals surface area contributed by atoms with Crippen molar-refractivity contribution in [2.45, 2.75) is 64.0 Å². The number of nitrogens with zero attached hydrogens (tertiary/aromatic N) is 6. The SMILES string of the molecule is C[C@@H]1CC2(CCN(c3ccc(C(=O)N4CCC(CN5CCN(c6cccc(NC7CCC(=O)NC7=O)c6)C(=O)C5)CC4)cc3)CC2)CN1c1ccc(C#N)c(Cl)c1. The number of benzene rings is 3. The van der Waals surface area contributed by atoms with E-state index in [-0.39, 0.29) is 29.0 Å². The van der Waals surface area contributed by atoms with Gasteiger partial charge in [0.25, 0.3) is 5.91 Å². The third kappa shape index (κ3) is 8.46. The molecule has 2 atom stereocenters. The second-order valence-electron chi connectivity index (χ2n) is 16.7. The molecule has 3 aromatic rings. The van der Waals surface area contributed by atoms with Gasteiger partial charge in [-0.05, 0) is 117 Å². The first-order chi connectivity index (χ1) is 27.6. The first kappa shape index (κ1) is 38.7. The summed E-state index contributed by atoms with van der Waals surface area (Å²) in [7, 11) is 0. The fraction of sp³-hybridized carbons (Fsp3) is 0.477. The van der Waals surface area contributed by atoms with E-state index >= 15 is 0 Å². The molecule has 2 N–H and O–H groups in total. The molecule has 5 heterocycles. The van der Waals surface area contributed by atoms with E-state index in [1.807, 2.05) is 59.5 Å². The maximum Gasteiger partial charge on any atom is 0.253 e. The maximum absolute atomic E-state index is 13.6. The Morgan fingerprint density at radius 1 is 0.912 bits per heavy atom. The highest BCUT2D eigenvalue weighted by atomic mass is 35.5. The van der Waals surface area contributed by atoms with Crippen LogP contribution >= 0.6 is 11.6 Å². The van der Waals surface area contributed by atoms with Crippen LogP contribution in [0.5, 0.6) is 0 Å². The van der Waals surface area contributed by atoms with Crippen molar-refractivity contribution in [2.24, 2.45) is 11.3 Å². The van der Waals surface area contributed by atoms with Crippen molar-refractivity contribution in [2.75, 3.05) is 78.9 Å². The second-order valence-corrected chi connectivity index (χ2v) is 17.1. The molecule has 0 radical (unpaired) electrons. The van der Waals surface area contributed by atoms with E-state index in [0.717, 1.165) is 93.1 Å². The lowest BCUT2D eigenvalue weighted by atomic mass is 9.76. The molecule has 0 aromatic heterocycles. The Morgan fingerprint density at radius 2 is 1.67 bits per heavy atom. The van der Waals surface area contributed by atoms with Crippen LogP contribution in [0, 0.1) is 22.7 Å². The third-order valence-electron chi connectivity index (χ3n) is 12.9. The van der Waals surface area contributed by atoms with Gasteiger partial charge in [-0.2, -0.15) is 5.26 Å². The lowest BCUT2D eigenvalue weighted by Crippen LogP contribution is -2.52. The quantitative estimate of drug-likeness (QED) is 0.284. The predicted molar refractivity (Wildman–Crippen MR) is 222 cm³/mol. The van der Waals surface area contributed by atoms with Crippen LogP contribution in [0.1, 0.15) is 67.8 Å². The minimum atomic E-state index is -0.481. The van der Waals surface area contributed by atoms with Gasteiger partial charge in [0.2, 0.25) is 17.7 Å². The smallest absolute Gasteiger partial charge is 0.253 e. The van der Waals surface area contributed by atoms with Gasteiger partial charge in [-0.1, -0.05) is 17.7 Å². The monoisotopic (exact) mass is 790 g/mol. The van der Waals surface area contributed by atoms with Crippen LogP contribution in [-0.4, -0.2) is 104 Å². The van der Waals surface area contributed by atoms with Gasteiger partial charge in [-0.25, -0.2) is 0 Å². The highest BCUT2D eigenvalue weighted by Crippen LogP contribution is 2.46. The number of hydrogen-bond donors (Lipinski definition) is 2. The van der Waals surface area contributed by atoms with E-state index in [9.17, 15) is 24.4 Å². The largest absolute Gasteiger partial charge is 0.374 e. The molecule has 57 heavy (non-hydrogen) atoms. The molecule has 298 valence electrons. The van der Waals surface area contributed by atoms with Gasteiger partial charge in [0.1, 0.15) is 12.1 Å². The Labute approximate surface area is 339 Å². The summed E-state index contributed by atoms with van der Waals surface area (Å²) in [5, 5.41) is 15.4. The van der Waals surface area contributed by atoms with E-state index in [0.29, 0.717) is 61.6 Å².